The van der Waals surface area contributed by atoms with E-state index in [0.717, 1.165) is 31.4 Å². The molecule has 0 spiro atoms. The predicted molar refractivity (Wildman–Crippen MR) is 141 cm³/mol. The number of hydrogen-bond acceptors (Lipinski definition) is 3. The SMILES string of the molecule is C#CC(F)(F)[C@]1(O)CC[C@H]2[C@@H]3CCC4=CC(=NOCC)CCC4=C3[C@@H](c3ccc(C4CC4)cc3)C[C@@]21C. The molecule has 1 aromatic carbocycles. The van der Waals surface area contributed by atoms with Crippen LogP contribution in [0.2, 0.25) is 0 Å². The fourth-order valence-corrected chi connectivity index (χ4v) is 8.25. The van der Waals surface area contributed by atoms with Crippen LogP contribution in [0.5, 0.6) is 0 Å². The molecule has 0 saturated heterocycles. The van der Waals surface area contributed by atoms with Gasteiger partial charge in [-0.25, -0.2) is 0 Å². The highest BCUT2D eigenvalue weighted by molar-refractivity contribution is 5.97. The normalized spacial score (nSPS) is 36.4. The first kappa shape index (κ1) is 24.9. The molecular formula is C32H37F2NO2. The Morgan fingerprint density at radius 1 is 1.11 bits per heavy atom. The number of allylic oxidation sites excluding steroid dienone is 4. The molecule has 3 saturated carbocycles. The summed E-state index contributed by atoms with van der Waals surface area (Å²) in [5.41, 5.74) is 4.50. The second-order valence-corrected chi connectivity index (χ2v) is 12.1. The highest BCUT2D eigenvalue weighted by Gasteiger charge is 2.71. The molecular weight excluding hydrogens is 468 g/mol. The standard InChI is InChI=1S/C32H37F2NO2/c1-4-32(33,34)31(36)17-16-28-26-14-12-23-18-24(35-37-5-2)13-15-25(23)29(26)27(19-30(28,31)3)22-10-8-21(9-11-22)20-6-7-20/h1,8-11,18,20,26-28,36H,5-7,12-17,19H2,2-3H3/t26-,27+,28-,30-,31-/m0/s1. The van der Waals surface area contributed by atoms with Gasteiger partial charge in [0, 0.05) is 11.3 Å². The van der Waals surface area contributed by atoms with Crippen molar-refractivity contribution in [3.05, 3.63) is 58.2 Å². The van der Waals surface area contributed by atoms with E-state index in [0.29, 0.717) is 25.4 Å². The number of alkyl halides is 2. The van der Waals surface area contributed by atoms with Gasteiger partial charge in [0.2, 0.25) is 0 Å². The summed E-state index contributed by atoms with van der Waals surface area (Å²) in [6.45, 7) is 4.37. The molecule has 37 heavy (non-hydrogen) atoms. The summed E-state index contributed by atoms with van der Waals surface area (Å²) < 4.78 is 30.5. The molecule has 0 amide bonds. The first-order valence-corrected chi connectivity index (χ1v) is 14.0. The Morgan fingerprint density at radius 2 is 1.84 bits per heavy atom. The zero-order chi connectivity index (χ0) is 26.0. The maximum absolute atomic E-state index is 15.2. The highest BCUT2D eigenvalue weighted by Crippen LogP contribution is 2.69. The number of rotatable bonds is 5. The lowest BCUT2D eigenvalue weighted by molar-refractivity contribution is -0.209. The van der Waals surface area contributed by atoms with Crippen LogP contribution in [0, 0.1) is 29.6 Å². The molecule has 5 heteroatoms. The van der Waals surface area contributed by atoms with Gasteiger partial charge in [-0.05, 0) is 117 Å². The van der Waals surface area contributed by atoms with Gasteiger partial charge < -0.3 is 9.94 Å². The van der Waals surface area contributed by atoms with Crippen molar-refractivity contribution in [2.45, 2.75) is 95.0 Å². The van der Waals surface area contributed by atoms with Gasteiger partial charge in [0.15, 0.2) is 0 Å². The molecule has 3 fully saturated rings. The van der Waals surface area contributed by atoms with Crippen LogP contribution in [0.4, 0.5) is 8.78 Å². The predicted octanol–water partition coefficient (Wildman–Crippen LogP) is 7.29. The maximum atomic E-state index is 15.2. The van der Waals surface area contributed by atoms with Crippen LogP contribution in [-0.4, -0.2) is 28.9 Å². The highest BCUT2D eigenvalue weighted by atomic mass is 19.3. The fourth-order valence-electron chi connectivity index (χ4n) is 8.25. The molecule has 5 atom stereocenters. The van der Waals surface area contributed by atoms with Crippen molar-refractivity contribution in [3.63, 3.8) is 0 Å². The second-order valence-electron chi connectivity index (χ2n) is 12.1. The van der Waals surface area contributed by atoms with Crippen LogP contribution < -0.4 is 0 Å². The number of aliphatic hydroxyl groups is 1. The minimum absolute atomic E-state index is 0.0122. The van der Waals surface area contributed by atoms with Gasteiger partial charge in [-0.15, -0.1) is 6.42 Å². The summed E-state index contributed by atoms with van der Waals surface area (Å²) >= 11 is 0. The lowest BCUT2D eigenvalue weighted by atomic mass is 9.50. The molecule has 1 N–H and O–H groups in total. The van der Waals surface area contributed by atoms with Crippen molar-refractivity contribution in [1.29, 1.82) is 0 Å². The summed E-state index contributed by atoms with van der Waals surface area (Å²) in [5, 5.41) is 16.0. The number of terminal acetylenes is 1. The van der Waals surface area contributed by atoms with Crippen molar-refractivity contribution >= 4 is 5.71 Å². The van der Waals surface area contributed by atoms with Crippen LogP contribution in [0.15, 0.2) is 52.2 Å². The zero-order valence-corrected chi connectivity index (χ0v) is 21.9. The Bertz CT molecular complexity index is 1220. The first-order valence-electron chi connectivity index (χ1n) is 14.0. The zero-order valence-electron chi connectivity index (χ0n) is 21.9. The minimum Gasteiger partial charge on any atom is -0.396 e. The van der Waals surface area contributed by atoms with E-state index >= 15 is 8.78 Å². The van der Waals surface area contributed by atoms with E-state index in [1.165, 1.54) is 40.7 Å². The molecule has 0 radical (unpaired) electrons. The van der Waals surface area contributed by atoms with Crippen molar-refractivity contribution in [3.8, 4) is 12.3 Å². The lowest BCUT2D eigenvalue weighted by Gasteiger charge is -2.55. The fraction of sp³-hybridized carbons (Fsp3) is 0.594. The maximum Gasteiger partial charge on any atom is 0.336 e. The van der Waals surface area contributed by atoms with E-state index in [2.05, 4.69) is 35.5 Å². The van der Waals surface area contributed by atoms with Crippen molar-refractivity contribution < 1.29 is 18.7 Å². The number of oxime groups is 1. The average Bonchev–Trinajstić information content (AvgIpc) is 3.72. The summed E-state index contributed by atoms with van der Waals surface area (Å²) in [6, 6.07) is 8.88. The van der Waals surface area contributed by atoms with Gasteiger partial charge in [0.1, 0.15) is 12.2 Å². The Hall–Kier alpha value is -2.45. The van der Waals surface area contributed by atoms with Crippen molar-refractivity contribution in [1.82, 2.24) is 0 Å². The molecule has 5 aliphatic carbocycles. The topological polar surface area (TPSA) is 41.8 Å². The summed E-state index contributed by atoms with van der Waals surface area (Å²) in [6.07, 6.45) is 14.6. The molecule has 0 bridgehead atoms. The van der Waals surface area contributed by atoms with Gasteiger partial charge in [-0.3, -0.25) is 0 Å². The van der Waals surface area contributed by atoms with E-state index in [9.17, 15) is 5.11 Å². The monoisotopic (exact) mass is 505 g/mol. The number of benzene rings is 1. The Balaban J connectivity index is 1.47. The smallest absolute Gasteiger partial charge is 0.336 e. The Morgan fingerprint density at radius 3 is 2.51 bits per heavy atom. The molecule has 0 heterocycles. The van der Waals surface area contributed by atoms with E-state index in [4.69, 9.17) is 11.3 Å². The Kier molecular flexibility index (Phi) is 5.91. The number of hydrogen-bond donors (Lipinski definition) is 1. The van der Waals surface area contributed by atoms with Crippen molar-refractivity contribution in [2.75, 3.05) is 6.61 Å². The number of halogens is 2. The molecule has 5 aliphatic rings. The first-order chi connectivity index (χ1) is 17.7. The Labute approximate surface area is 219 Å². The third kappa shape index (κ3) is 3.74. The van der Waals surface area contributed by atoms with Gasteiger partial charge in [0.05, 0.1) is 5.71 Å². The van der Waals surface area contributed by atoms with E-state index < -0.39 is 16.9 Å². The third-order valence-electron chi connectivity index (χ3n) is 10.3. The number of fused-ring (bicyclic) bond motifs is 4. The lowest BCUT2D eigenvalue weighted by Crippen LogP contribution is -2.60. The van der Waals surface area contributed by atoms with Crippen LogP contribution in [0.3, 0.4) is 0 Å². The van der Waals surface area contributed by atoms with Gasteiger partial charge in [-0.2, -0.15) is 8.78 Å². The quantitative estimate of drug-likeness (QED) is 0.337. The average molecular weight is 506 g/mol. The van der Waals surface area contributed by atoms with Crippen LogP contribution in [-0.2, 0) is 4.84 Å². The molecule has 0 aliphatic heterocycles. The molecule has 0 aromatic heterocycles. The molecule has 0 unspecified atom stereocenters. The second kappa shape index (κ2) is 8.80. The van der Waals surface area contributed by atoms with Crippen molar-refractivity contribution in [2.24, 2.45) is 22.4 Å². The largest absolute Gasteiger partial charge is 0.396 e. The van der Waals surface area contributed by atoms with E-state index in [-0.39, 0.29) is 24.2 Å². The van der Waals surface area contributed by atoms with Gasteiger partial charge in [-0.1, -0.05) is 41.9 Å². The summed E-state index contributed by atoms with van der Waals surface area (Å²) in [7, 11) is 0. The summed E-state index contributed by atoms with van der Waals surface area (Å²) in [5.74, 6) is -1.07. The van der Waals surface area contributed by atoms with Crippen LogP contribution in [0.1, 0.15) is 94.6 Å². The molecule has 3 nitrogen and oxygen atoms in total. The minimum atomic E-state index is -3.56. The third-order valence-corrected chi connectivity index (χ3v) is 10.3. The summed E-state index contributed by atoms with van der Waals surface area (Å²) in [4.78, 5) is 5.33. The molecule has 1 aromatic rings. The van der Waals surface area contributed by atoms with E-state index in [1.807, 2.05) is 13.8 Å². The van der Waals surface area contributed by atoms with Crippen LogP contribution in [0.25, 0.3) is 0 Å². The van der Waals surface area contributed by atoms with Gasteiger partial charge >= 0.3 is 5.92 Å². The van der Waals surface area contributed by atoms with E-state index in [1.54, 1.807) is 5.92 Å². The number of nitrogens with zero attached hydrogens (tertiary/aromatic N) is 1. The van der Waals surface area contributed by atoms with Crippen LogP contribution >= 0.6 is 0 Å². The van der Waals surface area contributed by atoms with Gasteiger partial charge in [0.25, 0.3) is 0 Å². The molecule has 6 rings (SSSR count). The molecule has 196 valence electrons.